The molecule has 2 aromatic carbocycles. The van der Waals surface area contributed by atoms with Crippen LogP contribution in [0.2, 0.25) is 0 Å². The number of nitrogens with zero attached hydrogens (tertiary/aromatic N) is 4. The van der Waals surface area contributed by atoms with E-state index in [2.05, 4.69) is 13.2 Å². The Morgan fingerprint density at radius 1 is 1.09 bits per heavy atom. The third-order valence-electron chi connectivity index (χ3n) is 6.36. The van der Waals surface area contributed by atoms with Crippen molar-refractivity contribution in [3.05, 3.63) is 73.6 Å². The fraction of sp³-hybridized carbons (Fsp3) is 0.296. The highest BCUT2D eigenvalue weighted by molar-refractivity contribution is 5.97. The molecule has 180 valence electrons. The molecule has 2 aliphatic heterocycles. The van der Waals surface area contributed by atoms with Gasteiger partial charge in [-0.05, 0) is 24.3 Å². The Labute approximate surface area is 204 Å². The van der Waals surface area contributed by atoms with E-state index in [4.69, 9.17) is 14.5 Å². The highest BCUT2D eigenvalue weighted by atomic mass is 16.6. The topological polar surface area (TPSA) is 76.9 Å². The summed E-state index contributed by atoms with van der Waals surface area (Å²) in [4.78, 5) is 34.6. The van der Waals surface area contributed by atoms with Gasteiger partial charge in [0.15, 0.2) is 11.5 Å². The molecule has 1 atom stereocenters. The van der Waals surface area contributed by atoms with Gasteiger partial charge in [0, 0.05) is 43.7 Å². The van der Waals surface area contributed by atoms with Gasteiger partial charge in [0.1, 0.15) is 25.6 Å². The Balaban J connectivity index is 1.45. The molecule has 1 aromatic heterocycles. The first-order chi connectivity index (χ1) is 17.1. The van der Waals surface area contributed by atoms with Gasteiger partial charge in [-0.2, -0.15) is 0 Å². The highest BCUT2D eigenvalue weighted by Gasteiger charge is 2.35. The Hall–Kier alpha value is -4.07. The summed E-state index contributed by atoms with van der Waals surface area (Å²) in [5.74, 6) is 1.88. The standard InChI is InChI=1S/C27H28N4O4/c1-3-11-29(12-4-2)26(33)18-31-22-8-6-5-7-21(22)28-27(31)19-15-25(32)30(17-19)20-9-10-23-24(16-20)35-14-13-34-23/h3-10,16,19H,1-2,11-15,17-18H2. The van der Waals surface area contributed by atoms with E-state index in [1.165, 1.54) is 0 Å². The minimum atomic E-state index is -0.150. The number of rotatable bonds is 8. The second kappa shape index (κ2) is 9.66. The van der Waals surface area contributed by atoms with E-state index in [9.17, 15) is 9.59 Å². The molecular formula is C27H28N4O4. The molecular weight excluding hydrogens is 444 g/mol. The van der Waals surface area contributed by atoms with Crippen LogP contribution in [0.4, 0.5) is 5.69 Å². The molecule has 5 rings (SSSR count). The Bertz CT molecular complexity index is 1290. The van der Waals surface area contributed by atoms with Crippen LogP contribution >= 0.6 is 0 Å². The van der Waals surface area contributed by atoms with Crippen LogP contribution in [-0.4, -0.2) is 59.1 Å². The largest absolute Gasteiger partial charge is 0.486 e. The first kappa shape index (κ1) is 22.7. The maximum Gasteiger partial charge on any atom is 0.243 e. The van der Waals surface area contributed by atoms with E-state index in [1.807, 2.05) is 47.0 Å². The Morgan fingerprint density at radius 2 is 1.83 bits per heavy atom. The van der Waals surface area contributed by atoms with Gasteiger partial charge in [0.05, 0.1) is 11.0 Å². The minimum Gasteiger partial charge on any atom is -0.486 e. The summed E-state index contributed by atoms with van der Waals surface area (Å²) >= 11 is 0. The average Bonchev–Trinajstić information content (AvgIpc) is 3.44. The van der Waals surface area contributed by atoms with Gasteiger partial charge in [-0.25, -0.2) is 4.98 Å². The number of carbonyl (C=O) groups excluding carboxylic acids is 2. The van der Waals surface area contributed by atoms with E-state index in [0.29, 0.717) is 50.8 Å². The van der Waals surface area contributed by atoms with E-state index in [-0.39, 0.29) is 24.3 Å². The van der Waals surface area contributed by atoms with Gasteiger partial charge in [-0.3, -0.25) is 9.59 Å². The first-order valence-electron chi connectivity index (χ1n) is 11.7. The second-order valence-electron chi connectivity index (χ2n) is 8.65. The van der Waals surface area contributed by atoms with Crippen LogP contribution in [0.1, 0.15) is 18.2 Å². The number of carbonyl (C=O) groups is 2. The summed E-state index contributed by atoms with van der Waals surface area (Å²) in [6, 6.07) is 13.3. The third kappa shape index (κ3) is 4.39. The number of ether oxygens (including phenoxy) is 2. The quantitative estimate of drug-likeness (QED) is 0.469. The molecule has 0 radical (unpaired) electrons. The monoisotopic (exact) mass is 472 g/mol. The molecule has 8 heteroatoms. The average molecular weight is 473 g/mol. The molecule has 2 aliphatic rings. The predicted molar refractivity (Wildman–Crippen MR) is 134 cm³/mol. The fourth-order valence-corrected chi connectivity index (χ4v) is 4.73. The van der Waals surface area contributed by atoms with Gasteiger partial charge in [0.2, 0.25) is 11.8 Å². The minimum absolute atomic E-state index is 0.0107. The number of hydrogen-bond acceptors (Lipinski definition) is 5. The van der Waals surface area contributed by atoms with Gasteiger partial charge >= 0.3 is 0 Å². The summed E-state index contributed by atoms with van der Waals surface area (Å²) < 4.78 is 13.3. The summed E-state index contributed by atoms with van der Waals surface area (Å²) in [7, 11) is 0. The molecule has 8 nitrogen and oxygen atoms in total. The van der Waals surface area contributed by atoms with Crippen molar-refractivity contribution in [2.45, 2.75) is 18.9 Å². The second-order valence-corrected chi connectivity index (χ2v) is 8.65. The van der Waals surface area contributed by atoms with Crippen molar-refractivity contribution in [3.8, 4) is 11.5 Å². The first-order valence-corrected chi connectivity index (χ1v) is 11.7. The van der Waals surface area contributed by atoms with Crippen molar-refractivity contribution in [1.29, 1.82) is 0 Å². The number of amides is 2. The van der Waals surface area contributed by atoms with E-state index >= 15 is 0 Å². The zero-order valence-electron chi connectivity index (χ0n) is 19.6. The van der Waals surface area contributed by atoms with Crippen LogP contribution < -0.4 is 14.4 Å². The smallest absolute Gasteiger partial charge is 0.243 e. The fourth-order valence-electron chi connectivity index (χ4n) is 4.73. The normalized spacial score (nSPS) is 17.0. The maximum atomic E-state index is 13.2. The van der Waals surface area contributed by atoms with Gasteiger partial charge in [-0.1, -0.05) is 24.3 Å². The van der Waals surface area contributed by atoms with Crippen LogP contribution in [0.15, 0.2) is 67.8 Å². The van der Waals surface area contributed by atoms with Crippen molar-refractivity contribution >= 4 is 28.5 Å². The number of fused-ring (bicyclic) bond motifs is 2. The Morgan fingerprint density at radius 3 is 2.60 bits per heavy atom. The molecule has 1 saturated heterocycles. The SMILES string of the molecule is C=CCN(CC=C)C(=O)Cn1c(C2CC(=O)N(c3ccc4c(c3)OCCO4)C2)nc2ccccc21. The molecule has 0 spiro atoms. The lowest BCUT2D eigenvalue weighted by atomic mass is 10.1. The zero-order valence-corrected chi connectivity index (χ0v) is 19.6. The lowest BCUT2D eigenvalue weighted by Crippen LogP contribution is -2.34. The lowest BCUT2D eigenvalue weighted by Gasteiger charge is -2.23. The lowest BCUT2D eigenvalue weighted by molar-refractivity contribution is -0.130. The van der Waals surface area contributed by atoms with Crippen molar-refractivity contribution < 1.29 is 19.1 Å². The Kier molecular flexibility index (Phi) is 6.27. The number of para-hydroxylation sites is 2. The molecule has 0 saturated carbocycles. The van der Waals surface area contributed by atoms with Crippen LogP contribution in [0.25, 0.3) is 11.0 Å². The van der Waals surface area contributed by atoms with Gasteiger partial charge < -0.3 is 23.8 Å². The van der Waals surface area contributed by atoms with Crippen LogP contribution in [0.5, 0.6) is 11.5 Å². The van der Waals surface area contributed by atoms with E-state index in [1.54, 1.807) is 22.0 Å². The molecule has 0 N–H and O–H groups in total. The predicted octanol–water partition coefficient (Wildman–Crippen LogP) is 3.53. The van der Waals surface area contributed by atoms with Crippen LogP contribution in [-0.2, 0) is 16.1 Å². The van der Waals surface area contributed by atoms with Crippen LogP contribution in [0.3, 0.4) is 0 Å². The van der Waals surface area contributed by atoms with Crippen LogP contribution in [0, 0.1) is 0 Å². The third-order valence-corrected chi connectivity index (χ3v) is 6.36. The summed E-state index contributed by atoms with van der Waals surface area (Å²) in [5.41, 5.74) is 2.45. The molecule has 3 heterocycles. The summed E-state index contributed by atoms with van der Waals surface area (Å²) in [6.07, 6.45) is 3.72. The van der Waals surface area contributed by atoms with Crippen molar-refractivity contribution in [3.63, 3.8) is 0 Å². The van der Waals surface area contributed by atoms with Gasteiger partial charge in [-0.15, -0.1) is 13.2 Å². The highest BCUT2D eigenvalue weighted by Crippen LogP contribution is 2.38. The maximum absolute atomic E-state index is 13.2. The summed E-state index contributed by atoms with van der Waals surface area (Å²) in [5, 5.41) is 0. The molecule has 0 aliphatic carbocycles. The number of anilines is 1. The van der Waals surface area contributed by atoms with E-state index < -0.39 is 0 Å². The molecule has 1 fully saturated rings. The molecule has 35 heavy (non-hydrogen) atoms. The number of hydrogen-bond donors (Lipinski definition) is 0. The van der Waals surface area contributed by atoms with Crippen molar-refractivity contribution in [2.24, 2.45) is 0 Å². The number of aromatic nitrogens is 2. The van der Waals surface area contributed by atoms with Crippen molar-refractivity contribution in [1.82, 2.24) is 14.5 Å². The summed E-state index contributed by atoms with van der Waals surface area (Å²) in [6.45, 7) is 10.00. The van der Waals surface area contributed by atoms with Crippen molar-refractivity contribution in [2.75, 3.05) is 37.7 Å². The van der Waals surface area contributed by atoms with Gasteiger partial charge in [0.25, 0.3) is 0 Å². The molecule has 1 unspecified atom stereocenters. The number of imidazole rings is 1. The number of benzene rings is 2. The van der Waals surface area contributed by atoms with E-state index in [0.717, 1.165) is 22.5 Å². The molecule has 3 aromatic rings. The molecule has 0 bridgehead atoms. The molecule has 2 amide bonds. The zero-order chi connectivity index (χ0) is 24.4.